The first-order valence-electron chi connectivity index (χ1n) is 6.73. The zero-order valence-electron chi connectivity index (χ0n) is 10.5. The van der Waals surface area contributed by atoms with Crippen LogP contribution in [-0.2, 0) is 11.2 Å². The molecule has 1 aromatic carbocycles. The molecular formula is C15H19NOS. The van der Waals surface area contributed by atoms with Gasteiger partial charge in [-0.1, -0.05) is 12.1 Å². The third-order valence-electron chi connectivity index (χ3n) is 4.27. The summed E-state index contributed by atoms with van der Waals surface area (Å²) in [6.07, 6.45) is 5.85. The van der Waals surface area contributed by atoms with Crippen molar-refractivity contribution in [1.82, 2.24) is 5.32 Å². The fourth-order valence-corrected chi connectivity index (χ4v) is 2.87. The lowest BCUT2D eigenvalue weighted by molar-refractivity contribution is -0.120. The van der Waals surface area contributed by atoms with Crippen molar-refractivity contribution in [3.05, 3.63) is 29.8 Å². The van der Waals surface area contributed by atoms with Crippen LogP contribution in [0.4, 0.5) is 0 Å². The molecule has 2 nitrogen and oxygen atoms in total. The number of hydrogen-bond donors (Lipinski definition) is 2. The largest absolute Gasteiger partial charge is 0.355 e. The molecule has 0 aliphatic heterocycles. The molecule has 0 radical (unpaired) electrons. The number of thiol groups is 1. The van der Waals surface area contributed by atoms with Crippen molar-refractivity contribution in [2.45, 2.75) is 37.0 Å². The Morgan fingerprint density at radius 2 is 1.94 bits per heavy atom. The van der Waals surface area contributed by atoms with Crippen LogP contribution in [0, 0.1) is 11.3 Å². The van der Waals surface area contributed by atoms with Crippen LogP contribution in [0.2, 0.25) is 0 Å². The van der Waals surface area contributed by atoms with Crippen LogP contribution in [0.25, 0.3) is 0 Å². The van der Waals surface area contributed by atoms with Crippen LogP contribution in [0.5, 0.6) is 0 Å². The highest BCUT2D eigenvalue weighted by molar-refractivity contribution is 7.80. The number of carbonyl (C=O) groups excluding carboxylic acids is 1. The van der Waals surface area contributed by atoms with Gasteiger partial charge in [0, 0.05) is 11.4 Å². The summed E-state index contributed by atoms with van der Waals surface area (Å²) in [5, 5.41) is 3.11. The van der Waals surface area contributed by atoms with Crippen molar-refractivity contribution in [3.8, 4) is 0 Å². The summed E-state index contributed by atoms with van der Waals surface area (Å²) < 4.78 is 0. The second kappa shape index (κ2) is 4.61. The van der Waals surface area contributed by atoms with Crippen LogP contribution in [0.15, 0.2) is 29.2 Å². The Bertz CT molecular complexity index is 446. The Morgan fingerprint density at radius 1 is 1.28 bits per heavy atom. The van der Waals surface area contributed by atoms with Gasteiger partial charge in [-0.05, 0) is 54.7 Å². The molecule has 2 saturated carbocycles. The minimum absolute atomic E-state index is 0.147. The zero-order valence-corrected chi connectivity index (χ0v) is 11.4. The van der Waals surface area contributed by atoms with Gasteiger partial charge in [-0.15, -0.1) is 12.6 Å². The summed E-state index contributed by atoms with van der Waals surface area (Å²) in [5.74, 6) is 1.05. The molecule has 2 fully saturated rings. The average Bonchev–Trinajstić information content (AvgIpc) is 3.22. The second-order valence-corrected chi connectivity index (χ2v) is 6.27. The molecule has 2 aliphatic rings. The molecule has 18 heavy (non-hydrogen) atoms. The van der Waals surface area contributed by atoms with E-state index < -0.39 is 0 Å². The monoisotopic (exact) mass is 261 g/mol. The predicted octanol–water partition coefficient (Wildman–Crippen LogP) is 2.82. The Labute approximate surface area is 114 Å². The summed E-state index contributed by atoms with van der Waals surface area (Å²) >= 11 is 4.24. The van der Waals surface area contributed by atoms with E-state index in [0.29, 0.717) is 11.8 Å². The Balaban J connectivity index is 1.48. The third kappa shape index (κ3) is 2.72. The lowest BCUT2D eigenvalue weighted by Crippen LogP contribution is -2.32. The first-order chi connectivity index (χ1) is 8.68. The van der Waals surface area contributed by atoms with E-state index in [9.17, 15) is 4.79 Å². The van der Waals surface area contributed by atoms with Gasteiger partial charge in [0.05, 0.1) is 6.42 Å². The van der Waals surface area contributed by atoms with E-state index in [0.717, 1.165) is 22.9 Å². The summed E-state index contributed by atoms with van der Waals surface area (Å²) in [5.41, 5.74) is 1.55. The van der Waals surface area contributed by atoms with Gasteiger partial charge in [0.2, 0.25) is 5.91 Å². The minimum Gasteiger partial charge on any atom is -0.355 e. The summed E-state index contributed by atoms with van der Waals surface area (Å²) in [6.45, 7) is 0.890. The van der Waals surface area contributed by atoms with Gasteiger partial charge in [-0.3, -0.25) is 4.79 Å². The molecular weight excluding hydrogens is 242 g/mol. The molecule has 1 N–H and O–H groups in total. The highest BCUT2D eigenvalue weighted by Gasteiger charge is 2.53. The van der Waals surface area contributed by atoms with Crippen LogP contribution in [0.3, 0.4) is 0 Å². The lowest BCUT2D eigenvalue weighted by Gasteiger charge is -2.14. The first-order valence-corrected chi connectivity index (χ1v) is 7.17. The molecule has 1 amide bonds. The maximum Gasteiger partial charge on any atom is 0.224 e. The van der Waals surface area contributed by atoms with Gasteiger partial charge in [0.15, 0.2) is 0 Å². The summed E-state index contributed by atoms with van der Waals surface area (Å²) in [4.78, 5) is 12.8. The van der Waals surface area contributed by atoms with E-state index in [1.165, 1.54) is 25.7 Å². The maximum absolute atomic E-state index is 11.9. The molecule has 1 aromatic rings. The molecule has 0 atom stereocenters. The molecule has 0 saturated heterocycles. The number of benzene rings is 1. The number of rotatable bonds is 5. The Hall–Kier alpha value is -0.960. The van der Waals surface area contributed by atoms with Crippen molar-refractivity contribution in [2.24, 2.45) is 11.3 Å². The SMILES string of the molecule is O=C(Cc1ccc(S)cc1)NCC1(C2CC2)CC1. The van der Waals surface area contributed by atoms with Crippen LogP contribution >= 0.6 is 12.6 Å². The van der Waals surface area contributed by atoms with Crippen molar-refractivity contribution in [1.29, 1.82) is 0 Å². The highest BCUT2D eigenvalue weighted by atomic mass is 32.1. The zero-order chi connectivity index (χ0) is 12.6. The number of hydrogen-bond acceptors (Lipinski definition) is 2. The second-order valence-electron chi connectivity index (χ2n) is 5.76. The van der Waals surface area contributed by atoms with Crippen molar-refractivity contribution in [2.75, 3.05) is 6.54 Å². The number of amides is 1. The van der Waals surface area contributed by atoms with Gasteiger partial charge in [-0.25, -0.2) is 0 Å². The quantitative estimate of drug-likeness (QED) is 0.784. The predicted molar refractivity (Wildman–Crippen MR) is 74.8 cm³/mol. The number of nitrogens with one attached hydrogen (secondary N) is 1. The fourth-order valence-electron chi connectivity index (χ4n) is 2.72. The molecule has 0 unspecified atom stereocenters. The standard InChI is InChI=1S/C15H19NOS/c17-14(9-11-1-5-13(18)6-2-11)16-10-15(7-8-15)12-3-4-12/h1-2,5-6,12,18H,3-4,7-10H2,(H,16,17). The van der Waals surface area contributed by atoms with Crippen LogP contribution in [0.1, 0.15) is 31.2 Å². The van der Waals surface area contributed by atoms with Crippen molar-refractivity contribution < 1.29 is 4.79 Å². The van der Waals surface area contributed by atoms with Gasteiger partial charge < -0.3 is 5.32 Å². The molecule has 0 aromatic heterocycles. The van der Waals surface area contributed by atoms with E-state index in [4.69, 9.17) is 0 Å². The van der Waals surface area contributed by atoms with Gasteiger partial charge >= 0.3 is 0 Å². The first kappa shape index (κ1) is 12.1. The summed E-state index contributed by atoms with van der Waals surface area (Å²) in [6, 6.07) is 7.79. The molecule has 0 bridgehead atoms. The van der Waals surface area contributed by atoms with E-state index in [1.807, 2.05) is 24.3 Å². The maximum atomic E-state index is 11.9. The van der Waals surface area contributed by atoms with Crippen LogP contribution < -0.4 is 5.32 Å². The van der Waals surface area contributed by atoms with E-state index in [2.05, 4.69) is 17.9 Å². The molecule has 2 aliphatic carbocycles. The van der Waals surface area contributed by atoms with Crippen molar-refractivity contribution in [3.63, 3.8) is 0 Å². The van der Waals surface area contributed by atoms with Gasteiger partial charge in [-0.2, -0.15) is 0 Å². The molecule has 0 spiro atoms. The van der Waals surface area contributed by atoms with E-state index >= 15 is 0 Å². The Morgan fingerprint density at radius 3 is 2.50 bits per heavy atom. The number of carbonyl (C=O) groups is 1. The molecule has 3 rings (SSSR count). The molecule has 3 heteroatoms. The fraction of sp³-hybridized carbons (Fsp3) is 0.533. The molecule has 0 heterocycles. The van der Waals surface area contributed by atoms with E-state index in [1.54, 1.807) is 0 Å². The van der Waals surface area contributed by atoms with Gasteiger partial charge in [0.25, 0.3) is 0 Å². The minimum atomic E-state index is 0.147. The van der Waals surface area contributed by atoms with Crippen molar-refractivity contribution >= 4 is 18.5 Å². The molecule has 96 valence electrons. The lowest BCUT2D eigenvalue weighted by atomic mass is 10.0. The highest BCUT2D eigenvalue weighted by Crippen LogP contribution is 2.60. The smallest absolute Gasteiger partial charge is 0.224 e. The average molecular weight is 261 g/mol. The summed E-state index contributed by atoms with van der Waals surface area (Å²) in [7, 11) is 0. The normalized spacial score (nSPS) is 20.5. The van der Waals surface area contributed by atoms with Gasteiger partial charge in [0.1, 0.15) is 0 Å². The van der Waals surface area contributed by atoms with E-state index in [-0.39, 0.29) is 5.91 Å². The Kier molecular flexibility index (Phi) is 3.10. The third-order valence-corrected chi connectivity index (χ3v) is 4.57. The van der Waals surface area contributed by atoms with Crippen LogP contribution in [-0.4, -0.2) is 12.5 Å². The topological polar surface area (TPSA) is 29.1 Å².